The fourth-order valence-corrected chi connectivity index (χ4v) is 5.43. The number of ketones is 1. The second kappa shape index (κ2) is 11.3. The molecule has 1 saturated heterocycles. The quantitative estimate of drug-likeness (QED) is 0.405. The second-order valence-electron chi connectivity index (χ2n) is 11.9. The fourth-order valence-electron chi connectivity index (χ4n) is 5.43. The Morgan fingerprint density at radius 1 is 1.10 bits per heavy atom. The number of benzene rings is 2. The number of carbonyl (C=O) groups is 1. The number of hydrogen-bond acceptors (Lipinski definition) is 7. The summed E-state index contributed by atoms with van der Waals surface area (Å²) in [5.74, 6) is 0.165. The van der Waals surface area contributed by atoms with Crippen LogP contribution in [-0.2, 0) is 12.0 Å². The van der Waals surface area contributed by atoms with Gasteiger partial charge < -0.3 is 29.1 Å². The van der Waals surface area contributed by atoms with Crippen molar-refractivity contribution in [1.82, 2.24) is 4.90 Å². The molecule has 9 heteroatoms. The van der Waals surface area contributed by atoms with E-state index in [0.717, 1.165) is 17.0 Å². The van der Waals surface area contributed by atoms with Gasteiger partial charge in [0.2, 0.25) is 0 Å². The summed E-state index contributed by atoms with van der Waals surface area (Å²) in [4.78, 5) is 17.5. The topological polar surface area (TPSA) is 95.3 Å². The van der Waals surface area contributed by atoms with E-state index in [4.69, 9.17) is 19.6 Å². The third kappa shape index (κ3) is 5.75. The zero-order valence-corrected chi connectivity index (χ0v) is 24.7. The molecule has 2 aromatic rings. The summed E-state index contributed by atoms with van der Waals surface area (Å²) in [7, 11) is 1.64. The number of methoxy groups -OCH3 is 1. The van der Waals surface area contributed by atoms with E-state index in [2.05, 4.69) is 25.7 Å². The van der Waals surface area contributed by atoms with E-state index in [1.54, 1.807) is 25.0 Å². The monoisotopic (exact) mass is 555 g/mol. The van der Waals surface area contributed by atoms with Crippen molar-refractivity contribution in [2.24, 2.45) is 0 Å². The second-order valence-corrected chi connectivity index (χ2v) is 11.9. The summed E-state index contributed by atoms with van der Waals surface area (Å²) in [6, 6.07) is 5.43. The molecule has 0 bridgehead atoms. The summed E-state index contributed by atoms with van der Waals surface area (Å²) >= 11 is 0. The van der Waals surface area contributed by atoms with E-state index < -0.39 is 11.4 Å². The molecule has 2 N–H and O–H groups in total. The highest BCUT2D eigenvalue weighted by atomic mass is 19.1. The number of ether oxygens (including phenoxy) is 3. The highest BCUT2D eigenvalue weighted by molar-refractivity contribution is 6.06. The molecule has 0 amide bonds. The van der Waals surface area contributed by atoms with Gasteiger partial charge in [-0.15, -0.1) is 0 Å². The molecule has 0 aliphatic carbocycles. The Morgan fingerprint density at radius 3 is 2.33 bits per heavy atom. The fraction of sp³-hybridized carbons (Fsp3) is 0.548. The maximum atomic E-state index is 15.5. The summed E-state index contributed by atoms with van der Waals surface area (Å²) in [5, 5.41) is 19.2. The van der Waals surface area contributed by atoms with Gasteiger partial charge in [-0.1, -0.05) is 20.8 Å². The molecule has 0 unspecified atom stereocenters. The third-order valence-electron chi connectivity index (χ3n) is 7.69. The zero-order chi connectivity index (χ0) is 29.4. The van der Waals surface area contributed by atoms with Gasteiger partial charge in [-0.05, 0) is 62.8 Å². The number of carbonyl (C=O) groups excluding carboxylic acids is 1. The van der Waals surface area contributed by atoms with E-state index in [1.807, 2.05) is 26.0 Å². The Kier molecular flexibility index (Phi) is 8.36. The first kappa shape index (κ1) is 29.6. The molecule has 0 spiro atoms. The van der Waals surface area contributed by atoms with Crippen molar-refractivity contribution in [3.8, 4) is 17.2 Å². The van der Waals surface area contributed by atoms with Crippen LogP contribution in [0.1, 0.15) is 81.4 Å². The molecule has 218 valence electrons. The highest BCUT2D eigenvalue weighted by Crippen LogP contribution is 2.42. The maximum absolute atomic E-state index is 15.5. The lowest BCUT2D eigenvalue weighted by atomic mass is 9.83. The van der Waals surface area contributed by atoms with Crippen molar-refractivity contribution in [3.05, 3.63) is 46.3 Å². The number of rotatable bonds is 9. The van der Waals surface area contributed by atoms with Gasteiger partial charge >= 0.3 is 0 Å². The number of amidine groups is 1. The molecule has 2 aliphatic rings. The van der Waals surface area contributed by atoms with Gasteiger partial charge in [0, 0.05) is 30.8 Å². The largest absolute Gasteiger partial charge is 0.494 e. The van der Waals surface area contributed by atoms with Gasteiger partial charge in [-0.3, -0.25) is 10.2 Å². The van der Waals surface area contributed by atoms with Crippen LogP contribution in [0.15, 0.2) is 18.2 Å². The van der Waals surface area contributed by atoms with Crippen LogP contribution in [0.4, 0.5) is 10.1 Å². The number of piperidine rings is 1. The molecule has 2 heterocycles. The smallest absolute Gasteiger partial charge is 0.197 e. The number of Topliss-reactive ketones (excluding diaryl/α,β-unsaturated/α-hetero) is 1. The molecule has 0 radical (unpaired) electrons. The first-order chi connectivity index (χ1) is 18.8. The first-order valence-corrected chi connectivity index (χ1v) is 14.0. The molecular weight excluding hydrogens is 513 g/mol. The lowest BCUT2D eigenvalue weighted by molar-refractivity contribution is 0.0350. The normalized spacial score (nSPS) is 16.7. The summed E-state index contributed by atoms with van der Waals surface area (Å²) in [6.45, 7) is 13.7. The van der Waals surface area contributed by atoms with Gasteiger partial charge in [0.15, 0.2) is 23.1 Å². The van der Waals surface area contributed by atoms with Crippen LogP contribution >= 0.6 is 0 Å². The van der Waals surface area contributed by atoms with Crippen LogP contribution in [0, 0.1) is 11.2 Å². The Balaban J connectivity index is 1.67. The molecule has 8 nitrogen and oxygen atoms in total. The molecule has 2 aromatic carbocycles. The van der Waals surface area contributed by atoms with Crippen LogP contribution in [0.5, 0.6) is 17.2 Å². The Morgan fingerprint density at radius 2 is 1.75 bits per heavy atom. The Hall–Kier alpha value is -3.33. The van der Waals surface area contributed by atoms with Crippen LogP contribution in [0.3, 0.4) is 0 Å². The minimum absolute atomic E-state index is 0.00356. The van der Waals surface area contributed by atoms with Crippen LogP contribution in [0.25, 0.3) is 0 Å². The van der Waals surface area contributed by atoms with Crippen LogP contribution in [0.2, 0.25) is 0 Å². The molecule has 4 rings (SSSR count). The van der Waals surface area contributed by atoms with Gasteiger partial charge in [-0.25, -0.2) is 4.39 Å². The lowest BCUT2D eigenvalue weighted by Gasteiger charge is -2.38. The van der Waals surface area contributed by atoms with Crippen molar-refractivity contribution in [3.63, 3.8) is 0 Å². The minimum atomic E-state index is -0.714. The SMILES string of the molecule is CCOc1cc2c(c(F)c1OCC)C(=N)N(CC(=O)c1cc(N3CCC(C)(O)CC3)c(OC)c(C(C)(C)C)c1)C2. The summed E-state index contributed by atoms with van der Waals surface area (Å²) < 4.78 is 32.5. The number of halogens is 1. The molecule has 0 atom stereocenters. The predicted molar refractivity (Wildman–Crippen MR) is 154 cm³/mol. The van der Waals surface area contributed by atoms with Crippen molar-refractivity contribution < 1.29 is 28.5 Å². The Labute approximate surface area is 236 Å². The number of nitrogens with one attached hydrogen (secondary N) is 1. The van der Waals surface area contributed by atoms with E-state index in [9.17, 15) is 9.90 Å². The van der Waals surface area contributed by atoms with Crippen molar-refractivity contribution in [2.45, 2.75) is 71.9 Å². The number of hydrogen-bond donors (Lipinski definition) is 2. The van der Waals surface area contributed by atoms with E-state index >= 15 is 4.39 Å². The van der Waals surface area contributed by atoms with E-state index in [1.165, 1.54) is 0 Å². The standard InChI is InChI=1S/C31H42FN3O5/c1-8-39-24-16-20-17-35(29(33)25(20)26(32)28(24)40-9-2)18-23(36)19-14-21(30(3,4)5)27(38-7)22(15-19)34-12-10-31(6,37)11-13-34/h14-16,33,37H,8-13,17-18H2,1-7H3. The van der Waals surface area contributed by atoms with E-state index in [-0.39, 0.29) is 48.0 Å². The van der Waals surface area contributed by atoms with Crippen molar-refractivity contribution >= 4 is 17.3 Å². The average molecular weight is 556 g/mol. The molecule has 1 fully saturated rings. The number of aliphatic hydroxyl groups is 1. The minimum Gasteiger partial charge on any atom is -0.494 e. The van der Waals surface area contributed by atoms with Gasteiger partial charge in [0.1, 0.15) is 11.6 Å². The van der Waals surface area contributed by atoms with Gasteiger partial charge in [0.25, 0.3) is 0 Å². The Bertz CT molecular complexity index is 1290. The maximum Gasteiger partial charge on any atom is 0.197 e. The predicted octanol–water partition coefficient (Wildman–Crippen LogP) is 5.30. The van der Waals surface area contributed by atoms with E-state index in [0.29, 0.717) is 49.4 Å². The van der Waals surface area contributed by atoms with Gasteiger partial charge in [-0.2, -0.15) is 0 Å². The number of anilines is 1. The van der Waals surface area contributed by atoms with Gasteiger partial charge in [0.05, 0.1) is 43.7 Å². The van der Waals surface area contributed by atoms with Crippen molar-refractivity contribution in [2.75, 3.05) is 44.9 Å². The summed E-state index contributed by atoms with van der Waals surface area (Å²) in [5.41, 5.74) is 1.95. The van der Waals surface area contributed by atoms with Crippen LogP contribution in [-0.4, -0.2) is 67.2 Å². The molecule has 2 aliphatic heterocycles. The molecule has 0 aromatic heterocycles. The highest BCUT2D eigenvalue weighted by Gasteiger charge is 2.35. The molecule has 0 saturated carbocycles. The molecule has 40 heavy (non-hydrogen) atoms. The third-order valence-corrected chi connectivity index (χ3v) is 7.69. The van der Waals surface area contributed by atoms with Crippen molar-refractivity contribution in [1.29, 1.82) is 5.41 Å². The average Bonchev–Trinajstić information content (AvgIpc) is 3.19. The number of nitrogens with zero attached hydrogens (tertiary/aromatic N) is 2. The number of fused-ring (bicyclic) bond motifs is 1. The zero-order valence-electron chi connectivity index (χ0n) is 24.7. The van der Waals surface area contributed by atoms with Crippen LogP contribution < -0.4 is 19.1 Å². The lowest BCUT2D eigenvalue weighted by Crippen LogP contribution is -2.42. The molecular formula is C31H42FN3O5. The first-order valence-electron chi connectivity index (χ1n) is 14.0. The summed E-state index contributed by atoms with van der Waals surface area (Å²) in [6.07, 6.45) is 1.23.